The van der Waals surface area contributed by atoms with Gasteiger partial charge in [-0.05, 0) is 20.3 Å². The van der Waals surface area contributed by atoms with Crippen LogP contribution in [0.2, 0.25) is 0 Å². The number of unbranched alkanes of at least 4 members (excludes halogenated alkanes) is 1. The van der Waals surface area contributed by atoms with Gasteiger partial charge in [-0.3, -0.25) is 4.68 Å². The van der Waals surface area contributed by atoms with E-state index in [0.717, 1.165) is 12.2 Å². The first-order valence-corrected chi connectivity index (χ1v) is 5.33. The van der Waals surface area contributed by atoms with Gasteiger partial charge in [0.2, 0.25) is 0 Å². The van der Waals surface area contributed by atoms with Gasteiger partial charge < -0.3 is 0 Å². The summed E-state index contributed by atoms with van der Waals surface area (Å²) in [7, 11) is 0. The first-order chi connectivity index (χ1) is 6.20. The van der Waals surface area contributed by atoms with Crippen LogP contribution in [0.4, 0.5) is 0 Å². The predicted molar refractivity (Wildman–Crippen MR) is 56.2 cm³/mol. The molecule has 74 valence electrons. The third-order valence-corrected chi connectivity index (χ3v) is 2.66. The molecule has 1 aromatic rings. The van der Waals surface area contributed by atoms with Gasteiger partial charge in [-0.1, -0.05) is 13.3 Å². The molecule has 0 atom stereocenters. The molecule has 1 heterocycles. The Morgan fingerprint density at radius 3 is 2.54 bits per heavy atom. The van der Waals surface area contributed by atoms with Crippen molar-refractivity contribution >= 4 is 11.6 Å². The third kappa shape index (κ3) is 2.25. The molecule has 0 N–H and O–H groups in total. The minimum absolute atomic E-state index is 0.573. The Bertz CT molecular complexity index is 279. The van der Waals surface area contributed by atoms with Crippen molar-refractivity contribution in [2.75, 3.05) is 0 Å². The molecule has 0 aliphatic heterocycles. The molecule has 0 amide bonds. The fourth-order valence-corrected chi connectivity index (χ4v) is 1.84. The number of aromatic nitrogens is 2. The van der Waals surface area contributed by atoms with E-state index >= 15 is 0 Å². The summed E-state index contributed by atoms with van der Waals surface area (Å²) in [5, 5.41) is 4.45. The van der Waals surface area contributed by atoms with Crippen LogP contribution in [0.3, 0.4) is 0 Å². The lowest BCUT2D eigenvalue weighted by Gasteiger charge is -2.02. The molecular formula is C10H17ClN2. The molecule has 0 aromatic carbocycles. The molecule has 0 unspecified atom stereocenters. The second-order valence-corrected chi connectivity index (χ2v) is 3.63. The Morgan fingerprint density at radius 1 is 1.38 bits per heavy atom. The number of nitrogens with zero attached hydrogens (tertiary/aromatic N) is 2. The van der Waals surface area contributed by atoms with Gasteiger partial charge >= 0.3 is 0 Å². The fourth-order valence-electron chi connectivity index (χ4n) is 1.45. The highest BCUT2D eigenvalue weighted by atomic mass is 35.5. The van der Waals surface area contributed by atoms with E-state index in [1.807, 2.05) is 6.92 Å². The van der Waals surface area contributed by atoms with Gasteiger partial charge in [0.25, 0.3) is 0 Å². The Balaban J connectivity index is 2.83. The summed E-state index contributed by atoms with van der Waals surface area (Å²) in [5.74, 6) is 0.573. The highest BCUT2D eigenvalue weighted by molar-refractivity contribution is 6.17. The predicted octanol–water partition coefficient (Wildman–Crippen LogP) is 3.04. The third-order valence-electron chi connectivity index (χ3n) is 2.39. The van der Waals surface area contributed by atoms with Crippen molar-refractivity contribution in [1.82, 2.24) is 9.78 Å². The van der Waals surface area contributed by atoms with Gasteiger partial charge in [0.15, 0.2) is 0 Å². The van der Waals surface area contributed by atoms with Crippen molar-refractivity contribution in [3.63, 3.8) is 0 Å². The van der Waals surface area contributed by atoms with E-state index in [-0.39, 0.29) is 0 Å². The van der Waals surface area contributed by atoms with E-state index in [2.05, 4.69) is 23.6 Å². The summed E-state index contributed by atoms with van der Waals surface area (Å²) in [6, 6.07) is 0. The Morgan fingerprint density at radius 2 is 2.08 bits per heavy atom. The Hall–Kier alpha value is -0.500. The Kier molecular flexibility index (Phi) is 3.79. The number of halogens is 1. The second kappa shape index (κ2) is 4.66. The zero-order valence-electron chi connectivity index (χ0n) is 8.60. The monoisotopic (exact) mass is 200 g/mol. The minimum Gasteiger partial charge on any atom is -0.269 e. The molecule has 1 aromatic heterocycles. The summed E-state index contributed by atoms with van der Waals surface area (Å²) >= 11 is 5.83. The maximum absolute atomic E-state index is 5.83. The zero-order chi connectivity index (χ0) is 9.84. The van der Waals surface area contributed by atoms with Crippen LogP contribution in [0.25, 0.3) is 0 Å². The SMILES string of the molecule is CCCCn1nc(C)c(CCl)c1C. The molecule has 13 heavy (non-hydrogen) atoms. The fraction of sp³-hybridized carbons (Fsp3) is 0.700. The molecule has 0 bridgehead atoms. The van der Waals surface area contributed by atoms with Gasteiger partial charge in [-0.15, -0.1) is 11.6 Å². The van der Waals surface area contributed by atoms with Crippen LogP contribution in [0.1, 0.15) is 36.7 Å². The van der Waals surface area contributed by atoms with E-state index in [0.29, 0.717) is 5.88 Å². The molecule has 0 saturated heterocycles. The maximum Gasteiger partial charge on any atom is 0.0640 e. The normalized spacial score (nSPS) is 10.8. The Labute approximate surface area is 84.9 Å². The van der Waals surface area contributed by atoms with Crippen LogP contribution >= 0.6 is 11.6 Å². The van der Waals surface area contributed by atoms with Crippen molar-refractivity contribution in [3.8, 4) is 0 Å². The summed E-state index contributed by atoms with van der Waals surface area (Å²) in [5.41, 5.74) is 3.49. The van der Waals surface area contributed by atoms with Crippen LogP contribution < -0.4 is 0 Å². The molecule has 0 radical (unpaired) electrons. The number of hydrogen-bond donors (Lipinski definition) is 0. The van der Waals surface area contributed by atoms with Gasteiger partial charge in [0.05, 0.1) is 11.6 Å². The maximum atomic E-state index is 5.83. The lowest BCUT2D eigenvalue weighted by atomic mass is 10.2. The molecule has 0 fully saturated rings. The molecule has 1 rings (SSSR count). The van der Waals surface area contributed by atoms with Crippen LogP contribution in [0, 0.1) is 13.8 Å². The van der Waals surface area contributed by atoms with Gasteiger partial charge in [0, 0.05) is 17.8 Å². The lowest BCUT2D eigenvalue weighted by Crippen LogP contribution is -2.02. The zero-order valence-corrected chi connectivity index (χ0v) is 9.36. The van der Waals surface area contributed by atoms with E-state index in [4.69, 9.17) is 11.6 Å². The van der Waals surface area contributed by atoms with Gasteiger partial charge in [-0.2, -0.15) is 5.10 Å². The molecule has 0 saturated carbocycles. The molecule has 0 spiro atoms. The smallest absolute Gasteiger partial charge is 0.0640 e. The average molecular weight is 201 g/mol. The van der Waals surface area contributed by atoms with E-state index in [9.17, 15) is 0 Å². The first-order valence-electron chi connectivity index (χ1n) is 4.79. The van der Waals surface area contributed by atoms with Crippen LogP contribution in [0.5, 0.6) is 0 Å². The molecule has 0 aliphatic rings. The van der Waals surface area contributed by atoms with E-state index in [1.54, 1.807) is 0 Å². The average Bonchev–Trinajstić information content (AvgIpc) is 2.38. The number of hydrogen-bond acceptors (Lipinski definition) is 1. The number of alkyl halides is 1. The van der Waals surface area contributed by atoms with Crippen molar-refractivity contribution < 1.29 is 0 Å². The number of aryl methyl sites for hydroxylation is 2. The van der Waals surface area contributed by atoms with Crippen molar-refractivity contribution in [2.24, 2.45) is 0 Å². The minimum atomic E-state index is 0.573. The summed E-state index contributed by atoms with van der Waals surface area (Å²) in [4.78, 5) is 0. The van der Waals surface area contributed by atoms with E-state index < -0.39 is 0 Å². The van der Waals surface area contributed by atoms with Crippen LogP contribution in [-0.4, -0.2) is 9.78 Å². The van der Waals surface area contributed by atoms with Crippen molar-refractivity contribution in [1.29, 1.82) is 0 Å². The van der Waals surface area contributed by atoms with Crippen molar-refractivity contribution in [3.05, 3.63) is 17.0 Å². The molecular weight excluding hydrogens is 184 g/mol. The summed E-state index contributed by atoms with van der Waals surface area (Å²) in [6.07, 6.45) is 2.39. The largest absolute Gasteiger partial charge is 0.269 e. The lowest BCUT2D eigenvalue weighted by molar-refractivity contribution is 0.555. The van der Waals surface area contributed by atoms with Crippen LogP contribution in [-0.2, 0) is 12.4 Å². The number of rotatable bonds is 4. The first kappa shape index (κ1) is 10.6. The van der Waals surface area contributed by atoms with Gasteiger partial charge in [-0.25, -0.2) is 0 Å². The van der Waals surface area contributed by atoms with Crippen LogP contribution in [0.15, 0.2) is 0 Å². The van der Waals surface area contributed by atoms with Crippen molar-refractivity contribution in [2.45, 2.75) is 46.0 Å². The topological polar surface area (TPSA) is 17.8 Å². The quantitative estimate of drug-likeness (QED) is 0.684. The second-order valence-electron chi connectivity index (χ2n) is 3.36. The molecule has 3 heteroatoms. The molecule has 0 aliphatic carbocycles. The summed E-state index contributed by atoms with van der Waals surface area (Å²) in [6.45, 7) is 7.31. The standard InChI is InChI=1S/C10H17ClN2/c1-4-5-6-13-9(3)10(7-11)8(2)12-13/h4-7H2,1-3H3. The summed E-state index contributed by atoms with van der Waals surface area (Å²) < 4.78 is 2.07. The molecule has 2 nitrogen and oxygen atoms in total. The highest BCUT2D eigenvalue weighted by Gasteiger charge is 2.08. The van der Waals surface area contributed by atoms with Gasteiger partial charge in [0.1, 0.15) is 0 Å². The highest BCUT2D eigenvalue weighted by Crippen LogP contribution is 2.15. The van der Waals surface area contributed by atoms with E-state index in [1.165, 1.54) is 24.1 Å².